The van der Waals surface area contributed by atoms with E-state index in [1.165, 1.54) is 0 Å². The second kappa shape index (κ2) is 5.89. The highest BCUT2D eigenvalue weighted by molar-refractivity contribution is 9.10. The van der Waals surface area contributed by atoms with Crippen LogP contribution < -0.4 is 5.32 Å². The molecule has 1 N–H and O–H groups in total. The molecule has 1 unspecified atom stereocenters. The molecule has 2 rings (SSSR count). The van der Waals surface area contributed by atoms with Crippen molar-refractivity contribution in [3.8, 4) is 0 Å². The smallest absolute Gasteiger partial charge is 0.169 e. The van der Waals surface area contributed by atoms with E-state index in [2.05, 4.69) is 44.1 Å². The Morgan fingerprint density at radius 2 is 2.12 bits per heavy atom. The topological polar surface area (TPSA) is 38.3 Å². The maximum Gasteiger partial charge on any atom is 0.169 e. The van der Waals surface area contributed by atoms with Gasteiger partial charge < -0.3 is 14.2 Å². The van der Waals surface area contributed by atoms with Crippen molar-refractivity contribution in [1.82, 2.24) is 5.32 Å². The van der Waals surface area contributed by atoms with Crippen LogP contribution in [0.3, 0.4) is 0 Å². The summed E-state index contributed by atoms with van der Waals surface area (Å²) < 4.78 is 12.8. The summed E-state index contributed by atoms with van der Waals surface area (Å²) in [7, 11) is 0. The first kappa shape index (κ1) is 12.9. The fourth-order valence-electron chi connectivity index (χ4n) is 1.61. The maximum atomic E-state index is 5.59. The standard InChI is InChI=1S/C12H13Br2NO2/c1-2-6-15-11(9-3-4-10(14)17-9)12-8(13)5-7-16-12/h3-5,7,11,15H,2,6H2,1H3. The Labute approximate surface area is 117 Å². The van der Waals surface area contributed by atoms with Gasteiger partial charge >= 0.3 is 0 Å². The molecule has 3 nitrogen and oxygen atoms in total. The molecule has 0 aliphatic rings. The minimum atomic E-state index is -0.0642. The van der Waals surface area contributed by atoms with E-state index >= 15 is 0 Å². The van der Waals surface area contributed by atoms with Gasteiger partial charge in [0.1, 0.15) is 17.6 Å². The van der Waals surface area contributed by atoms with Crippen molar-refractivity contribution in [2.24, 2.45) is 0 Å². The van der Waals surface area contributed by atoms with Crippen molar-refractivity contribution in [2.75, 3.05) is 6.54 Å². The summed E-state index contributed by atoms with van der Waals surface area (Å²) in [6, 6.07) is 5.64. The molecule has 2 aromatic rings. The fraction of sp³-hybridized carbons (Fsp3) is 0.333. The Kier molecular flexibility index (Phi) is 4.48. The molecule has 0 amide bonds. The van der Waals surface area contributed by atoms with Crippen molar-refractivity contribution in [1.29, 1.82) is 0 Å². The quantitative estimate of drug-likeness (QED) is 0.851. The van der Waals surface area contributed by atoms with Crippen molar-refractivity contribution in [3.05, 3.63) is 45.1 Å². The van der Waals surface area contributed by atoms with E-state index < -0.39 is 0 Å². The zero-order valence-electron chi connectivity index (χ0n) is 9.37. The van der Waals surface area contributed by atoms with Gasteiger partial charge in [-0.2, -0.15) is 0 Å². The lowest BCUT2D eigenvalue weighted by atomic mass is 10.1. The maximum absolute atomic E-state index is 5.59. The van der Waals surface area contributed by atoms with Crippen molar-refractivity contribution >= 4 is 31.9 Å². The highest BCUT2D eigenvalue weighted by Gasteiger charge is 2.22. The van der Waals surface area contributed by atoms with Gasteiger partial charge in [-0.1, -0.05) is 6.92 Å². The van der Waals surface area contributed by atoms with Gasteiger partial charge in [-0.3, -0.25) is 0 Å². The molecule has 92 valence electrons. The summed E-state index contributed by atoms with van der Waals surface area (Å²) in [6.45, 7) is 3.02. The first-order valence-electron chi connectivity index (χ1n) is 5.44. The molecule has 0 aliphatic heterocycles. The first-order valence-corrected chi connectivity index (χ1v) is 7.02. The van der Waals surface area contributed by atoms with Gasteiger partial charge in [-0.05, 0) is 63.0 Å². The van der Waals surface area contributed by atoms with E-state index in [1.807, 2.05) is 18.2 Å². The molecular formula is C12H13Br2NO2. The predicted octanol–water partition coefficient (Wildman–Crippen LogP) is 4.49. The highest BCUT2D eigenvalue weighted by atomic mass is 79.9. The third-order valence-corrected chi connectivity index (χ3v) is 3.47. The Morgan fingerprint density at radius 1 is 1.29 bits per heavy atom. The normalized spacial score (nSPS) is 12.9. The molecule has 0 saturated heterocycles. The Hall–Kier alpha value is -0.520. The molecule has 0 spiro atoms. The molecule has 0 aromatic carbocycles. The lowest BCUT2D eigenvalue weighted by Gasteiger charge is -2.14. The molecule has 0 radical (unpaired) electrons. The zero-order chi connectivity index (χ0) is 12.3. The van der Waals surface area contributed by atoms with E-state index in [0.717, 1.165) is 33.6 Å². The molecule has 0 saturated carbocycles. The molecular weight excluding hydrogens is 350 g/mol. The molecule has 1 atom stereocenters. The number of halogens is 2. The summed E-state index contributed by atoms with van der Waals surface area (Å²) in [5, 5.41) is 3.40. The van der Waals surface area contributed by atoms with Crippen molar-refractivity contribution in [2.45, 2.75) is 19.4 Å². The molecule has 0 bridgehead atoms. The molecule has 0 fully saturated rings. The summed E-state index contributed by atoms with van der Waals surface area (Å²) in [6.07, 6.45) is 2.72. The van der Waals surface area contributed by atoms with E-state index in [9.17, 15) is 0 Å². The van der Waals surface area contributed by atoms with Gasteiger partial charge in [0, 0.05) is 0 Å². The minimum absolute atomic E-state index is 0.0642. The molecule has 2 aromatic heterocycles. The lowest BCUT2D eigenvalue weighted by Crippen LogP contribution is -2.22. The predicted molar refractivity (Wildman–Crippen MR) is 73.0 cm³/mol. The van der Waals surface area contributed by atoms with E-state index in [1.54, 1.807) is 6.26 Å². The van der Waals surface area contributed by atoms with Crippen molar-refractivity contribution in [3.63, 3.8) is 0 Å². The lowest BCUT2D eigenvalue weighted by molar-refractivity contribution is 0.381. The van der Waals surface area contributed by atoms with Crippen LogP contribution in [0.25, 0.3) is 0 Å². The van der Waals surface area contributed by atoms with Gasteiger partial charge in [-0.25, -0.2) is 0 Å². The van der Waals surface area contributed by atoms with Gasteiger partial charge in [0.25, 0.3) is 0 Å². The summed E-state index contributed by atoms with van der Waals surface area (Å²) in [4.78, 5) is 0. The van der Waals surface area contributed by atoms with Crippen LogP contribution in [-0.4, -0.2) is 6.54 Å². The Balaban J connectivity index is 2.28. The number of nitrogens with one attached hydrogen (secondary N) is 1. The van der Waals surface area contributed by atoms with Crippen LogP contribution >= 0.6 is 31.9 Å². The van der Waals surface area contributed by atoms with Crippen LogP contribution in [0.4, 0.5) is 0 Å². The van der Waals surface area contributed by atoms with Crippen LogP contribution in [0.1, 0.15) is 30.9 Å². The third-order valence-electron chi connectivity index (χ3n) is 2.38. The van der Waals surface area contributed by atoms with Crippen LogP contribution in [0.15, 0.2) is 42.4 Å². The van der Waals surface area contributed by atoms with E-state index in [0.29, 0.717) is 0 Å². The number of hydrogen-bond donors (Lipinski definition) is 1. The van der Waals surface area contributed by atoms with E-state index in [-0.39, 0.29) is 6.04 Å². The van der Waals surface area contributed by atoms with Gasteiger partial charge in [0.05, 0.1) is 10.7 Å². The fourth-order valence-corrected chi connectivity index (χ4v) is 2.36. The monoisotopic (exact) mass is 361 g/mol. The van der Waals surface area contributed by atoms with Gasteiger partial charge in [-0.15, -0.1) is 0 Å². The summed E-state index contributed by atoms with van der Waals surface area (Å²) in [5.41, 5.74) is 0. The van der Waals surface area contributed by atoms with Gasteiger partial charge in [0.15, 0.2) is 4.67 Å². The molecule has 0 aliphatic carbocycles. The van der Waals surface area contributed by atoms with E-state index in [4.69, 9.17) is 8.83 Å². The summed E-state index contributed by atoms with van der Waals surface area (Å²) >= 11 is 6.79. The first-order chi connectivity index (χ1) is 8.22. The second-order valence-electron chi connectivity index (χ2n) is 3.66. The van der Waals surface area contributed by atoms with Crippen LogP contribution in [0, 0.1) is 0 Å². The zero-order valence-corrected chi connectivity index (χ0v) is 12.5. The second-order valence-corrected chi connectivity index (χ2v) is 5.30. The van der Waals surface area contributed by atoms with Crippen LogP contribution in [0.2, 0.25) is 0 Å². The van der Waals surface area contributed by atoms with Crippen LogP contribution in [-0.2, 0) is 0 Å². The third kappa shape index (κ3) is 3.03. The number of rotatable bonds is 5. The van der Waals surface area contributed by atoms with Gasteiger partial charge in [0.2, 0.25) is 0 Å². The average molecular weight is 363 g/mol. The number of hydrogen-bond acceptors (Lipinski definition) is 3. The Morgan fingerprint density at radius 3 is 2.65 bits per heavy atom. The largest absolute Gasteiger partial charge is 0.466 e. The number of furan rings is 2. The molecule has 5 heteroatoms. The highest BCUT2D eigenvalue weighted by Crippen LogP contribution is 2.31. The summed E-state index contributed by atoms with van der Waals surface area (Å²) in [5.74, 6) is 1.67. The molecule has 17 heavy (non-hydrogen) atoms. The minimum Gasteiger partial charge on any atom is -0.466 e. The average Bonchev–Trinajstić information content (AvgIpc) is 2.90. The SMILES string of the molecule is CCCNC(c1ccc(Br)o1)c1occc1Br. The Bertz CT molecular complexity index is 478. The van der Waals surface area contributed by atoms with Crippen molar-refractivity contribution < 1.29 is 8.83 Å². The van der Waals surface area contributed by atoms with Crippen LogP contribution in [0.5, 0.6) is 0 Å². The molecule has 2 heterocycles.